The van der Waals surface area contributed by atoms with Gasteiger partial charge >= 0.3 is 0 Å². The highest BCUT2D eigenvalue weighted by atomic mass is 16.5. The Bertz CT molecular complexity index is 574. The molecule has 1 spiro atoms. The highest BCUT2D eigenvalue weighted by molar-refractivity contribution is 6.07. The van der Waals surface area contributed by atoms with Crippen molar-refractivity contribution in [2.24, 2.45) is 10.8 Å². The summed E-state index contributed by atoms with van der Waals surface area (Å²) in [4.78, 5) is 0. The minimum atomic E-state index is 0.0950. The molecule has 2 aliphatic carbocycles. The second kappa shape index (κ2) is 5.49. The molecule has 0 heterocycles. The smallest absolute Gasteiger partial charge is 0.0572 e. The molecule has 2 aliphatic rings. The van der Waals surface area contributed by atoms with Gasteiger partial charge in [0, 0.05) is 18.2 Å². The standard InChI is InChI=1S/C20H29NO/c1-19(2,3)12-14-5-6-15-13-20(18(21)17(15)11-14)9-7-16(22-4)8-10-20/h5-6,11,16,21H,7-10,12-13H2,1-4H3/t16-,20-. The van der Waals surface area contributed by atoms with Crippen molar-refractivity contribution in [1.29, 1.82) is 5.41 Å². The molecular weight excluding hydrogens is 270 g/mol. The van der Waals surface area contributed by atoms with Crippen molar-refractivity contribution < 1.29 is 4.74 Å². The molecule has 0 saturated heterocycles. The first-order chi connectivity index (χ1) is 10.3. The Labute approximate surface area is 134 Å². The van der Waals surface area contributed by atoms with Crippen LogP contribution in [0.15, 0.2) is 18.2 Å². The third kappa shape index (κ3) is 2.86. The summed E-state index contributed by atoms with van der Waals surface area (Å²) in [5.74, 6) is 0. The van der Waals surface area contributed by atoms with Crippen LogP contribution in [0.4, 0.5) is 0 Å². The first kappa shape index (κ1) is 15.7. The van der Waals surface area contributed by atoms with Crippen molar-refractivity contribution in [2.45, 2.75) is 65.4 Å². The van der Waals surface area contributed by atoms with Crippen molar-refractivity contribution in [3.05, 3.63) is 34.9 Å². The van der Waals surface area contributed by atoms with Gasteiger partial charge in [-0.15, -0.1) is 0 Å². The molecule has 3 rings (SSSR count). The van der Waals surface area contributed by atoms with Gasteiger partial charge in [0.1, 0.15) is 0 Å². The van der Waals surface area contributed by atoms with Crippen LogP contribution in [-0.2, 0) is 17.6 Å². The van der Waals surface area contributed by atoms with Crippen LogP contribution in [0.2, 0.25) is 0 Å². The SMILES string of the molecule is CO[C@H]1CC[C@]2(CC1)Cc1ccc(CC(C)(C)C)cc1C2=N. The maximum atomic E-state index is 8.78. The second-order valence-electron chi connectivity index (χ2n) is 8.50. The Hall–Kier alpha value is -1.15. The fourth-order valence-electron chi connectivity index (χ4n) is 4.28. The molecule has 0 unspecified atom stereocenters. The summed E-state index contributed by atoms with van der Waals surface area (Å²) in [6.45, 7) is 6.83. The maximum absolute atomic E-state index is 8.78. The molecule has 1 aromatic rings. The lowest BCUT2D eigenvalue weighted by Crippen LogP contribution is -2.35. The number of fused-ring (bicyclic) bond motifs is 1. The first-order valence-electron chi connectivity index (χ1n) is 8.57. The lowest BCUT2D eigenvalue weighted by Gasteiger charge is -2.36. The third-order valence-electron chi connectivity index (χ3n) is 5.46. The van der Waals surface area contributed by atoms with Crippen LogP contribution in [-0.4, -0.2) is 18.9 Å². The molecule has 1 aromatic carbocycles. The summed E-state index contributed by atoms with van der Waals surface area (Å²) >= 11 is 0. The van der Waals surface area contributed by atoms with Gasteiger partial charge in [0.05, 0.1) is 6.10 Å². The zero-order chi connectivity index (χ0) is 16.0. The number of nitrogens with one attached hydrogen (secondary N) is 1. The van der Waals surface area contributed by atoms with Crippen molar-refractivity contribution in [1.82, 2.24) is 0 Å². The normalized spacial score (nSPS) is 28.2. The molecule has 0 bridgehead atoms. The third-order valence-corrected chi connectivity index (χ3v) is 5.46. The molecule has 1 fully saturated rings. The second-order valence-corrected chi connectivity index (χ2v) is 8.50. The van der Waals surface area contributed by atoms with Gasteiger partial charge in [-0.1, -0.05) is 32.9 Å². The summed E-state index contributed by atoms with van der Waals surface area (Å²) in [6.07, 6.45) is 6.95. The van der Waals surface area contributed by atoms with Crippen molar-refractivity contribution in [3.63, 3.8) is 0 Å². The van der Waals surface area contributed by atoms with Crippen LogP contribution in [0.5, 0.6) is 0 Å². The van der Waals surface area contributed by atoms with Crippen LogP contribution in [0, 0.1) is 16.2 Å². The topological polar surface area (TPSA) is 33.1 Å². The van der Waals surface area contributed by atoms with Crippen molar-refractivity contribution >= 4 is 5.71 Å². The molecule has 1 N–H and O–H groups in total. The molecule has 120 valence electrons. The molecule has 0 amide bonds. The summed E-state index contributed by atoms with van der Waals surface area (Å²) in [6, 6.07) is 6.85. The highest BCUT2D eigenvalue weighted by Crippen LogP contribution is 2.47. The molecule has 0 radical (unpaired) electrons. The zero-order valence-electron chi connectivity index (χ0n) is 14.5. The number of methoxy groups -OCH3 is 1. The Morgan fingerprint density at radius 2 is 1.91 bits per heavy atom. The molecule has 1 saturated carbocycles. The summed E-state index contributed by atoms with van der Waals surface area (Å²) < 4.78 is 5.51. The van der Waals surface area contributed by atoms with E-state index in [-0.39, 0.29) is 5.41 Å². The van der Waals surface area contributed by atoms with E-state index >= 15 is 0 Å². The number of benzene rings is 1. The molecule has 2 nitrogen and oxygen atoms in total. The van der Waals surface area contributed by atoms with Crippen LogP contribution in [0.3, 0.4) is 0 Å². The molecule has 0 aliphatic heterocycles. The van der Waals surface area contributed by atoms with Gasteiger partial charge in [-0.05, 0) is 66.7 Å². The van der Waals surface area contributed by atoms with Crippen LogP contribution in [0.1, 0.15) is 63.1 Å². The van der Waals surface area contributed by atoms with E-state index in [1.807, 2.05) is 7.11 Å². The van der Waals surface area contributed by atoms with E-state index in [1.165, 1.54) is 16.7 Å². The Morgan fingerprint density at radius 1 is 1.23 bits per heavy atom. The van der Waals surface area contributed by atoms with Gasteiger partial charge < -0.3 is 10.1 Å². The fraction of sp³-hybridized carbons (Fsp3) is 0.650. The monoisotopic (exact) mass is 299 g/mol. The van der Waals surface area contributed by atoms with E-state index in [4.69, 9.17) is 10.1 Å². The number of ether oxygens (including phenoxy) is 1. The summed E-state index contributed by atoms with van der Waals surface area (Å²) in [5, 5.41) is 8.78. The van der Waals surface area contributed by atoms with Crippen molar-refractivity contribution in [3.8, 4) is 0 Å². The molecular formula is C20H29NO. The Morgan fingerprint density at radius 3 is 2.50 bits per heavy atom. The van der Waals surface area contributed by atoms with Gasteiger partial charge in [0.2, 0.25) is 0 Å². The van der Waals surface area contributed by atoms with E-state index in [2.05, 4.69) is 39.0 Å². The van der Waals surface area contributed by atoms with Crippen LogP contribution >= 0.6 is 0 Å². The van der Waals surface area contributed by atoms with Crippen LogP contribution in [0.25, 0.3) is 0 Å². The molecule has 2 heteroatoms. The lowest BCUT2D eigenvalue weighted by molar-refractivity contribution is 0.0467. The van der Waals surface area contributed by atoms with E-state index < -0.39 is 0 Å². The van der Waals surface area contributed by atoms with Gasteiger partial charge in [0.25, 0.3) is 0 Å². The van der Waals surface area contributed by atoms with E-state index in [0.717, 1.165) is 44.2 Å². The predicted octanol–water partition coefficient (Wildman–Crippen LogP) is 4.77. The average molecular weight is 299 g/mol. The summed E-state index contributed by atoms with van der Waals surface area (Å²) in [5.41, 5.74) is 5.27. The Kier molecular flexibility index (Phi) is 3.92. The van der Waals surface area contributed by atoms with Gasteiger partial charge in [-0.2, -0.15) is 0 Å². The minimum absolute atomic E-state index is 0.0950. The lowest BCUT2D eigenvalue weighted by atomic mass is 9.70. The van der Waals surface area contributed by atoms with E-state index in [9.17, 15) is 0 Å². The van der Waals surface area contributed by atoms with Gasteiger partial charge in [-0.3, -0.25) is 0 Å². The zero-order valence-corrected chi connectivity index (χ0v) is 14.5. The average Bonchev–Trinajstić information content (AvgIpc) is 2.72. The summed E-state index contributed by atoms with van der Waals surface area (Å²) in [7, 11) is 1.82. The first-order valence-corrected chi connectivity index (χ1v) is 8.57. The molecule has 0 atom stereocenters. The van der Waals surface area contributed by atoms with E-state index in [1.54, 1.807) is 0 Å². The number of rotatable bonds is 2. The van der Waals surface area contributed by atoms with Gasteiger partial charge in [-0.25, -0.2) is 0 Å². The predicted molar refractivity (Wildman–Crippen MR) is 91.8 cm³/mol. The maximum Gasteiger partial charge on any atom is 0.0572 e. The van der Waals surface area contributed by atoms with E-state index in [0.29, 0.717) is 11.5 Å². The largest absolute Gasteiger partial charge is 0.381 e. The van der Waals surface area contributed by atoms with Crippen LogP contribution < -0.4 is 0 Å². The quantitative estimate of drug-likeness (QED) is 0.838. The number of hydrogen-bond acceptors (Lipinski definition) is 2. The molecule has 0 aromatic heterocycles. The molecule has 22 heavy (non-hydrogen) atoms. The number of hydrogen-bond donors (Lipinski definition) is 1. The fourth-order valence-corrected chi connectivity index (χ4v) is 4.28. The van der Waals surface area contributed by atoms with Gasteiger partial charge in [0.15, 0.2) is 0 Å². The highest BCUT2D eigenvalue weighted by Gasteiger charge is 2.44. The van der Waals surface area contributed by atoms with Crippen molar-refractivity contribution in [2.75, 3.05) is 7.11 Å². The minimum Gasteiger partial charge on any atom is -0.381 e. The Balaban J connectivity index is 1.82.